The van der Waals surface area contributed by atoms with Crippen LogP contribution in [-0.2, 0) is 13.0 Å². The van der Waals surface area contributed by atoms with Crippen molar-refractivity contribution >= 4 is 5.65 Å². The molecule has 6 heteroatoms. The maximum absolute atomic E-state index is 5.87. The van der Waals surface area contributed by atoms with Gasteiger partial charge in [0.15, 0.2) is 11.5 Å². The normalized spacial score (nSPS) is 17.3. The molecular weight excluding hydrogens is 316 g/mol. The Morgan fingerprint density at radius 1 is 1.36 bits per heavy atom. The molecule has 1 N–H and O–H groups in total. The van der Waals surface area contributed by atoms with Gasteiger partial charge >= 0.3 is 0 Å². The summed E-state index contributed by atoms with van der Waals surface area (Å²) in [6.07, 6.45) is 3.14. The van der Waals surface area contributed by atoms with E-state index in [1.807, 2.05) is 28.8 Å². The molecule has 0 saturated heterocycles. The monoisotopic (exact) mass is 338 g/mol. The van der Waals surface area contributed by atoms with Gasteiger partial charge in [-0.2, -0.15) is 0 Å². The van der Waals surface area contributed by atoms with Crippen molar-refractivity contribution < 1.29 is 9.47 Å². The highest BCUT2D eigenvalue weighted by Crippen LogP contribution is 2.35. The molecule has 25 heavy (non-hydrogen) atoms. The second-order valence-electron chi connectivity index (χ2n) is 6.49. The van der Waals surface area contributed by atoms with Gasteiger partial charge in [-0.25, -0.2) is 0 Å². The molecule has 0 radical (unpaired) electrons. The summed E-state index contributed by atoms with van der Waals surface area (Å²) in [5.41, 5.74) is 3.14. The molecule has 1 aliphatic rings. The summed E-state index contributed by atoms with van der Waals surface area (Å²) in [6.45, 7) is 4.84. The van der Waals surface area contributed by atoms with Gasteiger partial charge < -0.3 is 14.8 Å². The number of nitrogens with zero attached hydrogens (tertiary/aromatic N) is 3. The number of fused-ring (bicyclic) bond motifs is 2. The van der Waals surface area contributed by atoms with Crippen LogP contribution >= 0.6 is 0 Å². The number of benzene rings is 1. The largest absolute Gasteiger partial charge is 0.496 e. The van der Waals surface area contributed by atoms with E-state index in [1.165, 1.54) is 5.56 Å². The van der Waals surface area contributed by atoms with E-state index in [-0.39, 0.29) is 12.1 Å². The minimum absolute atomic E-state index is 0.0511. The van der Waals surface area contributed by atoms with Crippen LogP contribution in [0.15, 0.2) is 36.5 Å². The van der Waals surface area contributed by atoms with Crippen LogP contribution in [0.4, 0.5) is 0 Å². The fourth-order valence-corrected chi connectivity index (χ4v) is 3.32. The number of ether oxygens (including phenoxy) is 2. The SMILES string of the molecule is COc1cc2c(cc1CN[C@H](C)c1nnc3ccccn13)O[C@@H](C)C2. The summed E-state index contributed by atoms with van der Waals surface area (Å²) in [5, 5.41) is 12.0. The molecule has 1 aliphatic heterocycles. The van der Waals surface area contributed by atoms with Crippen molar-refractivity contribution in [3.63, 3.8) is 0 Å². The fraction of sp³-hybridized carbons (Fsp3) is 0.368. The van der Waals surface area contributed by atoms with Gasteiger partial charge in [0.2, 0.25) is 0 Å². The van der Waals surface area contributed by atoms with E-state index in [0.717, 1.165) is 35.0 Å². The summed E-state index contributed by atoms with van der Waals surface area (Å²) in [5.74, 6) is 2.74. The van der Waals surface area contributed by atoms with Crippen molar-refractivity contribution in [2.75, 3.05) is 7.11 Å². The van der Waals surface area contributed by atoms with Gasteiger partial charge in [-0.3, -0.25) is 4.40 Å². The van der Waals surface area contributed by atoms with Crippen LogP contribution in [0.25, 0.3) is 5.65 Å². The topological polar surface area (TPSA) is 60.7 Å². The minimum Gasteiger partial charge on any atom is -0.496 e. The van der Waals surface area contributed by atoms with E-state index < -0.39 is 0 Å². The molecule has 0 fully saturated rings. The lowest BCUT2D eigenvalue weighted by Crippen LogP contribution is -2.20. The molecule has 3 heterocycles. The molecule has 0 spiro atoms. The quantitative estimate of drug-likeness (QED) is 0.775. The summed E-state index contributed by atoms with van der Waals surface area (Å²) >= 11 is 0. The summed E-state index contributed by atoms with van der Waals surface area (Å²) < 4.78 is 13.4. The number of hydrogen-bond acceptors (Lipinski definition) is 5. The Morgan fingerprint density at radius 3 is 3.08 bits per heavy atom. The summed E-state index contributed by atoms with van der Waals surface area (Å²) in [7, 11) is 1.71. The average Bonchev–Trinajstić information content (AvgIpc) is 3.20. The van der Waals surface area contributed by atoms with E-state index >= 15 is 0 Å². The van der Waals surface area contributed by atoms with E-state index in [4.69, 9.17) is 9.47 Å². The summed E-state index contributed by atoms with van der Waals surface area (Å²) in [4.78, 5) is 0. The Balaban J connectivity index is 1.54. The van der Waals surface area contributed by atoms with Crippen LogP contribution in [0.1, 0.15) is 36.8 Å². The number of aromatic nitrogens is 3. The zero-order valence-electron chi connectivity index (χ0n) is 14.7. The smallest absolute Gasteiger partial charge is 0.160 e. The van der Waals surface area contributed by atoms with Crippen LogP contribution in [0.5, 0.6) is 11.5 Å². The zero-order valence-corrected chi connectivity index (χ0v) is 14.7. The molecule has 0 unspecified atom stereocenters. The van der Waals surface area contributed by atoms with Crippen molar-refractivity contribution in [2.24, 2.45) is 0 Å². The van der Waals surface area contributed by atoms with E-state index in [0.29, 0.717) is 6.54 Å². The van der Waals surface area contributed by atoms with Crippen LogP contribution < -0.4 is 14.8 Å². The fourth-order valence-electron chi connectivity index (χ4n) is 3.32. The molecule has 6 nitrogen and oxygen atoms in total. The minimum atomic E-state index is 0.0511. The van der Waals surface area contributed by atoms with Gasteiger partial charge in [0, 0.05) is 30.3 Å². The van der Waals surface area contributed by atoms with Crippen LogP contribution in [0.3, 0.4) is 0 Å². The average molecular weight is 338 g/mol. The van der Waals surface area contributed by atoms with Crippen LogP contribution in [0.2, 0.25) is 0 Å². The molecule has 0 saturated carbocycles. The molecule has 3 aromatic rings. The highest BCUT2D eigenvalue weighted by atomic mass is 16.5. The van der Waals surface area contributed by atoms with Crippen molar-refractivity contribution in [1.29, 1.82) is 0 Å². The van der Waals surface area contributed by atoms with Gasteiger partial charge in [0.1, 0.15) is 17.6 Å². The zero-order chi connectivity index (χ0) is 17.4. The first kappa shape index (κ1) is 15.9. The van der Waals surface area contributed by atoms with Crippen molar-refractivity contribution in [2.45, 2.75) is 39.0 Å². The highest BCUT2D eigenvalue weighted by molar-refractivity contribution is 5.48. The van der Waals surface area contributed by atoms with Gasteiger partial charge in [0.05, 0.1) is 13.2 Å². The highest BCUT2D eigenvalue weighted by Gasteiger charge is 2.22. The Hall–Kier alpha value is -2.60. The van der Waals surface area contributed by atoms with E-state index in [9.17, 15) is 0 Å². The van der Waals surface area contributed by atoms with Crippen molar-refractivity contribution in [1.82, 2.24) is 19.9 Å². The number of pyridine rings is 1. The lowest BCUT2D eigenvalue weighted by molar-refractivity contribution is 0.254. The molecular formula is C19H22N4O2. The van der Waals surface area contributed by atoms with E-state index in [2.05, 4.69) is 41.5 Å². The molecule has 0 amide bonds. The Kier molecular flexibility index (Phi) is 4.05. The van der Waals surface area contributed by atoms with Crippen molar-refractivity contribution in [3.05, 3.63) is 53.5 Å². The molecule has 0 bridgehead atoms. The van der Waals surface area contributed by atoms with Crippen LogP contribution in [0, 0.1) is 0 Å². The standard InChI is InChI=1S/C19H22N4O2/c1-12-8-14-9-16(24-3)15(10-17(14)25-12)11-20-13(2)19-22-21-18-6-4-5-7-23(18)19/h4-7,9-10,12-13,20H,8,11H2,1-3H3/t12-,13+/m0/s1. The van der Waals surface area contributed by atoms with Gasteiger partial charge in [-0.15, -0.1) is 10.2 Å². The van der Waals surface area contributed by atoms with Crippen molar-refractivity contribution in [3.8, 4) is 11.5 Å². The lowest BCUT2D eigenvalue weighted by Gasteiger charge is -2.15. The third-order valence-corrected chi connectivity index (χ3v) is 4.63. The van der Waals surface area contributed by atoms with Gasteiger partial charge in [-0.05, 0) is 38.1 Å². The number of methoxy groups -OCH3 is 1. The predicted molar refractivity (Wildman–Crippen MR) is 95.0 cm³/mol. The summed E-state index contributed by atoms with van der Waals surface area (Å²) in [6, 6.07) is 10.1. The Morgan fingerprint density at radius 2 is 2.24 bits per heavy atom. The van der Waals surface area contributed by atoms with Crippen LogP contribution in [-0.4, -0.2) is 27.8 Å². The third kappa shape index (κ3) is 2.93. The molecule has 130 valence electrons. The number of hydrogen-bond donors (Lipinski definition) is 1. The lowest BCUT2D eigenvalue weighted by atomic mass is 10.1. The van der Waals surface area contributed by atoms with Gasteiger partial charge in [0.25, 0.3) is 0 Å². The molecule has 2 atom stereocenters. The van der Waals surface area contributed by atoms with Gasteiger partial charge in [-0.1, -0.05) is 6.07 Å². The Labute approximate surface area is 146 Å². The predicted octanol–water partition coefficient (Wildman–Crippen LogP) is 2.91. The molecule has 4 rings (SSSR count). The first-order valence-electron chi connectivity index (χ1n) is 8.55. The maximum atomic E-state index is 5.87. The maximum Gasteiger partial charge on any atom is 0.160 e. The Bertz CT molecular complexity index is 906. The number of nitrogens with one attached hydrogen (secondary N) is 1. The third-order valence-electron chi connectivity index (χ3n) is 4.63. The first-order valence-corrected chi connectivity index (χ1v) is 8.55. The molecule has 0 aliphatic carbocycles. The number of rotatable bonds is 5. The second kappa shape index (κ2) is 6.37. The molecule has 1 aromatic carbocycles. The first-order chi connectivity index (χ1) is 12.2. The molecule has 2 aromatic heterocycles. The van der Waals surface area contributed by atoms with E-state index in [1.54, 1.807) is 7.11 Å². The second-order valence-corrected chi connectivity index (χ2v) is 6.49.